The molecular formula is C16H11ClO3. The van der Waals surface area contributed by atoms with Gasteiger partial charge in [0, 0.05) is 17.5 Å². The molecule has 0 saturated carbocycles. The van der Waals surface area contributed by atoms with Gasteiger partial charge in [0.15, 0.2) is 0 Å². The summed E-state index contributed by atoms with van der Waals surface area (Å²) >= 11 is 5.08. The van der Waals surface area contributed by atoms with Crippen LogP contribution >= 0.6 is 11.6 Å². The van der Waals surface area contributed by atoms with Gasteiger partial charge in [-0.05, 0) is 22.3 Å². The van der Waals surface area contributed by atoms with E-state index in [0.717, 1.165) is 22.3 Å². The third kappa shape index (κ3) is 2.21. The minimum Gasteiger partial charge on any atom is -0.381 e. The molecule has 0 radical (unpaired) electrons. The molecule has 0 aliphatic heterocycles. The van der Waals surface area contributed by atoms with Crippen molar-refractivity contribution in [3.8, 4) is 11.1 Å². The van der Waals surface area contributed by atoms with E-state index in [1.54, 1.807) is 0 Å². The van der Waals surface area contributed by atoms with Crippen LogP contribution in [0.1, 0.15) is 23.5 Å². The predicted octanol–water partition coefficient (Wildman–Crippen LogP) is 4.09. The van der Waals surface area contributed by atoms with E-state index in [-0.39, 0.29) is 12.3 Å². The van der Waals surface area contributed by atoms with Crippen molar-refractivity contribution >= 4 is 23.0 Å². The van der Waals surface area contributed by atoms with Gasteiger partial charge in [-0.3, -0.25) is 4.79 Å². The van der Waals surface area contributed by atoms with E-state index in [9.17, 15) is 9.59 Å². The number of benzene rings is 2. The molecule has 2 aromatic rings. The Hall–Kier alpha value is -2.13. The zero-order valence-corrected chi connectivity index (χ0v) is 11.3. The van der Waals surface area contributed by atoms with Gasteiger partial charge < -0.3 is 4.74 Å². The zero-order chi connectivity index (χ0) is 14.1. The zero-order valence-electron chi connectivity index (χ0n) is 10.5. The Labute approximate surface area is 121 Å². The van der Waals surface area contributed by atoms with Crippen molar-refractivity contribution in [1.82, 2.24) is 0 Å². The predicted molar refractivity (Wildman–Crippen MR) is 75.7 cm³/mol. The summed E-state index contributed by atoms with van der Waals surface area (Å²) in [6.07, 6.45) is 0.104. The van der Waals surface area contributed by atoms with E-state index in [1.807, 2.05) is 48.5 Å². The lowest BCUT2D eigenvalue weighted by Gasteiger charge is -2.11. The van der Waals surface area contributed by atoms with Gasteiger partial charge in [-0.25, -0.2) is 4.79 Å². The molecule has 0 aromatic heterocycles. The Morgan fingerprint density at radius 3 is 1.95 bits per heavy atom. The second-order valence-corrected chi connectivity index (χ2v) is 4.95. The number of esters is 1. The molecule has 20 heavy (non-hydrogen) atoms. The number of fused-ring (bicyclic) bond motifs is 3. The highest BCUT2D eigenvalue weighted by atomic mass is 35.5. The summed E-state index contributed by atoms with van der Waals surface area (Å²) in [5.74, 6) is -0.701. The largest absolute Gasteiger partial charge is 0.411 e. The summed E-state index contributed by atoms with van der Waals surface area (Å²) in [6, 6.07) is 15.9. The maximum absolute atomic E-state index is 11.7. The third-order valence-corrected chi connectivity index (χ3v) is 3.60. The fourth-order valence-corrected chi connectivity index (χ4v) is 2.86. The van der Waals surface area contributed by atoms with Crippen LogP contribution in [0.15, 0.2) is 48.5 Å². The molecule has 3 nitrogen and oxygen atoms in total. The number of rotatable bonds is 2. The lowest BCUT2D eigenvalue weighted by Crippen LogP contribution is -2.11. The topological polar surface area (TPSA) is 43.4 Å². The highest BCUT2D eigenvalue weighted by molar-refractivity contribution is 6.61. The highest BCUT2D eigenvalue weighted by Crippen LogP contribution is 2.46. The van der Waals surface area contributed by atoms with Gasteiger partial charge in [-0.15, -0.1) is 0 Å². The molecule has 1 aliphatic carbocycles. The van der Waals surface area contributed by atoms with Crippen molar-refractivity contribution in [3.63, 3.8) is 0 Å². The smallest absolute Gasteiger partial charge is 0.381 e. The molecule has 0 bridgehead atoms. The molecule has 0 atom stereocenters. The summed E-state index contributed by atoms with van der Waals surface area (Å²) in [4.78, 5) is 22.3. The molecule has 4 heteroatoms. The van der Waals surface area contributed by atoms with Crippen LogP contribution in [-0.4, -0.2) is 11.4 Å². The second-order valence-electron chi connectivity index (χ2n) is 4.64. The molecule has 3 rings (SSSR count). The van der Waals surface area contributed by atoms with Gasteiger partial charge in [0.2, 0.25) is 0 Å². The van der Waals surface area contributed by atoms with Gasteiger partial charge in [0.25, 0.3) is 0 Å². The van der Waals surface area contributed by atoms with E-state index in [1.165, 1.54) is 0 Å². The fourth-order valence-electron chi connectivity index (χ4n) is 2.78. The Morgan fingerprint density at radius 2 is 1.45 bits per heavy atom. The van der Waals surface area contributed by atoms with Crippen LogP contribution in [0.2, 0.25) is 0 Å². The number of hydrogen-bond donors (Lipinski definition) is 0. The quantitative estimate of drug-likeness (QED) is 0.474. The summed E-state index contributed by atoms with van der Waals surface area (Å²) in [5, 5.41) is 0. The van der Waals surface area contributed by atoms with Crippen LogP contribution < -0.4 is 0 Å². The standard InChI is InChI=1S/C16H11ClO3/c17-16(19)20-15(18)9-14-12-7-3-1-5-10(12)11-6-2-4-8-13(11)14/h1-8,14H,9H2. The van der Waals surface area contributed by atoms with Crippen LogP contribution in [0.25, 0.3) is 11.1 Å². The number of hydrogen-bond acceptors (Lipinski definition) is 3. The Bertz CT molecular complexity index is 648. The molecule has 100 valence electrons. The Kier molecular flexibility index (Phi) is 3.28. The monoisotopic (exact) mass is 286 g/mol. The van der Waals surface area contributed by atoms with E-state index >= 15 is 0 Å². The van der Waals surface area contributed by atoms with Crippen molar-refractivity contribution in [2.75, 3.05) is 0 Å². The maximum atomic E-state index is 11.7. The van der Waals surface area contributed by atoms with Crippen LogP contribution in [-0.2, 0) is 9.53 Å². The second kappa shape index (κ2) is 5.10. The minimum atomic E-state index is -1.09. The average molecular weight is 287 g/mol. The van der Waals surface area contributed by atoms with Crippen molar-refractivity contribution in [1.29, 1.82) is 0 Å². The first-order chi connectivity index (χ1) is 9.66. The molecule has 0 heterocycles. The van der Waals surface area contributed by atoms with Crippen molar-refractivity contribution in [2.45, 2.75) is 12.3 Å². The average Bonchev–Trinajstić information content (AvgIpc) is 2.73. The van der Waals surface area contributed by atoms with Crippen molar-refractivity contribution in [3.05, 3.63) is 59.7 Å². The third-order valence-electron chi connectivity index (χ3n) is 3.53. The SMILES string of the molecule is O=C(Cl)OC(=O)CC1c2ccccc2-c2ccccc21. The Balaban J connectivity index is 1.99. The molecule has 0 saturated heterocycles. The van der Waals surface area contributed by atoms with Crippen LogP contribution in [0, 0.1) is 0 Å². The highest BCUT2D eigenvalue weighted by Gasteiger charge is 2.30. The summed E-state index contributed by atoms with van der Waals surface area (Å²) < 4.78 is 4.43. The minimum absolute atomic E-state index is 0.0917. The molecule has 0 unspecified atom stereocenters. The van der Waals surface area contributed by atoms with Crippen molar-refractivity contribution in [2.24, 2.45) is 0 Å². The number of ether oxygens (including phenoxy) is 1. The normalized spacial score (nSPS) is 12.7. The molecular weight excluding hydrogens is 276 g/mol. The molecule has 0 fully saturated rings. The summed E-state index contributed by atoms with van der Waals surface area (Å²) in [6.45, 7) is 0. The number of carbonyl (C=O) groups excluding carboxylic acids is 2. The van der Waals surface area contributed by atoms with Crippen LogP contribution in [0.3, 0.4) is 0 Å². The number of carbonyl (C=O) groups is 2. The van der Waals surface area contributed by atoms with Crippen LogP contribution in [0.4, 0.5) is 4.79 Å². The molecule has 0 spiro atoms. The van der Waals surface area contributed by atoms with Gasteiger partial charge in [-0.2, -0.15) is 0 Å². The number of halogens is 1. The van der Waals surface area contributed by atoms with E-state index < -0.39 is 11.4 Å². The Morgan fingerprint density at radius 1 is 0.950 bits per heavy atom. The summed E-state index contributed by atoms with van der Waals surface area (Å²) in [5.41, 5.74) is 3.31. The molecule has 2 aromatic carbocycles. The lowest BCUT2D eigenvalue weighted by molar-refractivity contribution is -0.136. The lowest BCUT2D eigenvalue weighted by atomic mass is 9.94. The maximum Gasteiger partial charge on any atom is 0.411 e. The van der Waals surface area contributed by atoms with E-state index in [0.29, 0.717) is 0 Å². The first-order valence-corrected chi connectivity index (χ1v) is 6.63. The van der Waals surface area contributed by atoms with Gasteiger partial charge >= 0.3 is 11.4 Å². The van der Waals surface area contributed by atoms with Gasteiger partial charge in [0.05, 0.1) is 6.42 Å². The molecule has 1 aliphatic rings. The van der Waals surface area contributed by atoms with Gasteiger partial charge in [-0.1, -0.05) is 48.5 Å². The first-order valence-electron chi connectivity index (χ1n) is 6.25. The summed E-state index contributed by atoms with van der Waals surface area (Å²) in [7, 11) is 0. The van der Waals surface area contributed by atoms with E-state index in [2.05, 4.69) is 4.74 Å². The van der Waals surface area contributed by atoms with Gasteiger partial charge in [0.1, 0.15) is 0 Å². The fraction of sp³-hybridized carbons (Fsp3) is 0.125. The van der Waals surface area contributed by atoms with E-state index in [4.69, 9.17) is 11.6 Å². The van der Waals surface area contributed by atoms with Crippen molar-refractivity contribution < 1.29 is 14.3 Å². The first kappa shape index (κ1) is 12.9. The molecule has 0 amide bonds. The van der Waals surface area contributed by atoms with Crippen LogP contribution in [0.5, 0.6) is 0 Å². The molecule has 0 N–H and O–H groups in total.